The van der Waals surface area contributed by atoms with Crippen molar-refractivity contribution in [1.29, 1.82) is 0 Å². The van der Waals surface area contributed by atoms with Crippen LogP contribution in [0.4, 0.5) is 5.69 Å². The van der Waals surface area contributed by atoms with Crippen LogP contribution < -0.4 is 14.9 Å². The van der Waals surface area contributed by atoms with Crippen LogP contribution in [-0.4, -0.2) is 22.1 Å². The highest BCUT2D eigenvalue weighted by Crippen LogP contribution is 2.31. The largest absolute Gasteiger partial charge is 0.463 e. The van der Waals surface area contributed by atoms with E-state index in [4.69, 9.17) is 9.15 Å². The third kappa shape index (κ3) is 4.86. The minimum Gasteiger partial charge on any atom is -0.463 e. The number of aryl methyl sites for hydroxylation is 2. The molecule has 39 heavy (non-hydrogen) atoms. The van der Waals surface area contributed by atoms with Crippen LogP contribution in [-0.2, 0) is 9.53 Å². The molecule has 2 aromatic heterocycles. The van der Waals surface area contributed by atoms with E-state index in [9.17, 15) is 19.7 Å². The highest BCUT2D eigenvalue weighted by molar-refractivity contribution is 7.07. The van der Waals surface area contributed by atoms with Gasteiger partial charge in [-0.2, -0.15) is 0 Å². The van der Waals surface area contributed by atoms with Gasteiger partial charge in [0.15, 0.2) is 4.80 Å². The van der Waals surface area contributed by atoms with Gasteiger partial charge in [0.1, 0.15) is 11.5 Å². The van der Waals surface area contributed by atoms with E-state index in [1.807, 2.05) is 38.1 Å². The Morgan fingerprint density at radius 1 is 1.15 bits per heavy atom. The average molecular weight is 544 g/mol. The Balaban J connectivity index is 1.62. The van der Waals surface area contributed by atoms with E-state index >= 15 is 0 Å². The molecule has 1 atom stereocenters. The van der Waals surface area contributed by atoms with E-state index in [1.54, 1.807) is 38.1 Å². The first-order valence-corrected chi connectivity index (χ1v) is 13.1. The van der Waals surface area contributed by atoms with Gasteiger partial charge in [-0.15, -0.1) is 0 Å². The lowest BCUT2D eigenvalue weighted by molar-refractivity contribution is -0.384. The summed E-state index contributed by atoms with van der Waals surface area (Å²) in [4.78, 5) is 42.6. The Morgan fingerprint density at radius 3 is 2.59 bits per heavy atom. The highest BCUT2D eigenvalue weighted by atomic mass is 32.1. The van der Waals surface area contributed by atoms with Gasteiger partial charge < -0.3 is 9.15 Å². The van der Waals surface area contributed by atoms with Crippen LogP contribution in [0.5, 0.6) is 0 Å². The van der Waals surface area contributed by atoms with Gasteiger partial charge in [-0.3, -0.25) is 19.5 Å². The van der Waals surface area contributed by atoms with Crippen molar-refractivity contribution < 1.29 is 18.9 Å². The number of non-ortho nitro benzene ring substituents is 1. The van der Waals surface area contributed by atoms with Gasteiger partial charge in [-0.1, -0.05) is 47.2 Å². The minimum absolute atomic E-state index is 0.0364. The molecule has 0 amide bonds. The first-order chi connectivity index (χ1) is 18.7. The molecule has 0 spiro atoms. The summed E-state index contributed by atoms with van der Waals surface area (Å²) in [6.07, 6.45) is 1.62. The molecule has 0 saturated carbocycles. The summed E-state index contributed by atoms with van der Waals surface area (Å²) < 4.78 is 13.2. The second-order valence-corrected chi connectivity index (χ2v) is 10.2. The van der Waals surface area contributed by atoms with E-state index < -0.39 is 16.9 Å². The maximum absolute atomic E-state index is 13.7. The number of carbonyl (C=O) groups is 1. The van der Waals surface area contributed by atoms with Crippen LogP contribution in [0.25, 0.3) is 17.4 Å². The lowest BCUT2D eigenvalue weighted by atomic mass is 9.95. The normalized spacial score (nSPS) is 15.2. The topological polar surface area (TPSA) is 117 Å². The van der Waals surface area contributed by atoms with Crippen molar-refractivity contribution in [2.45, 2.75) is 33.7 Å². The zero-order valence-electron chi connectivity index (χ0n) is 21.8. The van der Waals surface area contributed by atoms with Crippen LogP contribution >= 0.6 is 11.3 Å². The van der Waals surface area contributed by atoms with Crippen molar-refractivity contribution in [2.24, 2.45) is 4.99 Å². The Labute approximate surface area is 227 Å². The molecule has 1 unspecified atom stereocenters. The summed E-state index contributed by atoms with van der Waals surface area (Å²) in [5.74, 6) is 0.351. The summed E-state index contributed by atoms with van der Waals surface area (Å²) in [6, 6.07) is 15.0. The molecule has 0 aliphatic carbocycles. The number of carbonyl (C=O) groups excluding carboxylic acids is 1. The minimum atomic E-state index is -0.692. The van der Waals surface area contributed by atoms with Gasteiger partial charge in [-0.25, -0.2) is 9.79 Å². The summed E-state index contributed by atoms with van der Waals surface area (Å²) in [5, 5.41) is 11.2. The quantitative estimate of drug-likeness (QED) is 0.200. The number of aromatic nitrogens is 1. The smallest absolute Gasteiger partial charge is 0.338 e. The van der Waals surface area contributed by atoms with Crippen LogP contribution in [0.2, 0.25) is 0 Å². The van der Waals surface area contributed by atoms with Gasteiger partial charge in [0.25, 0.3) is 11.2 Å². The summed E-state index contributed by atoms with van der Waals surface area (Å²) >= 11 is 1.20. The first-order valence-electron chi connectivity index (χ1n) is 12.3. The molecule has 5 rings (SSSR count). The molecule has 198 valence electrons. The predicted octanol–water partition coefficient (Wildman–Crippen LogP) is 4.58. The monoisotopic (exact) mass is 543 g/mol. The molecule has 4 aromatic rings. The molecule has 0 radical (unpaired) electrons. The van der Waals surface area contributed by atoms with Crippen molar-refractivity contribution in [3.05, 3.63) is 118 Å². The van der Waals surface area contributed by atoms with Crippen molar-refractivity contribution >= 4 is 29.1 Å². The lowest BCUT2D eigenvalue weighted by Gasteiger charge is -2.24. The number of nitro benzene ring substituents is 1. The molecule has 0 bridgehead atoms. The molecule has 0 fully saturated rings. The number of thiazole rings is 1. The van der Waals surface area contributed by atoms with Crippen LogP contribution in [0, 0.1) is 24.0 Å². The van der Waals surface area contributed by atoms with Crippen molar-refractivity contribution in [2.75, 3.05) is 6.61 Å². The summed E-state index contributed by atoms with van der Waals surface area (Å²) in [7, 11) is 0. The molecule has 0 saturated heterocycles. The summed E-state index contributed by atoms with van der Waals surface area (Å²) in [6.45, 7) is 7.48. The number of ether oxygens (including phenoxy) is 1. The highest BCUT2D eigenvalue weighted by Gasteiger charge is 2.33. The molecule has 1 aliphatic rings. The molecule has 10 heteroatoms. The molecular weight excluding hydrogens is 518 g/mol. The molecule has 0 N–H and O–H groups in total. The van der Waals surface area contributed by atoms with E-state index in [1.165, 1.54) is 28.0 Å². The van der Waals surface area contributed by atoms with E-state index in [0.29, 0.717) is 37.7 Å². The number of allylic oxidation sites excluding steroid dienone is 1. The van der Waals surface area contributed by atoms with Crippen molar-refractivity contribution in [1.82, 2.24) is 4.57 Å². The van der Waals surface area contributed by atoms with Gasteiger partial charge in [-0.05, 0) is 51.0 Å². The first kappa shape index (κ1) is 26.1. The molecule has 3 heterocycles. The third-order valence-corrected chi connectivity index (χ3v) is 7.49. The fourth-order valence-electron chi connectivity index (χ4n) is 4.55. The van der Waals surface area contributed by atoms with Crippen LogP contribution in [0.1, 0.15) is 42.3 Å². The fourth-order valence-corrected chi connectivity index (χ4v) is 5.58. The second kappa shape index (κ2) is 10.3. The maximum Gasteiger partial charge on any atom is 0.338 e. The lowest BCUT2D eigenvalue weighted by Crippen LogP contribution is -2.39. The zero-order chi connectivity index (χ0) is 27.8. The number of nitro groups is 1. The number of hydrogen-bond acceptors (Lipinski definition) is 8. The maximum atomic E-state index is 13.7. The standard InChI is InChI=1S/C29H25N3O6S/c1-5-37-28(34)25-18(4)30-29-31(26(25)19-9-6-16(2)7-10-19)27(33)24(39-29)15-21-12-13-23(38-21)22-14-20(32(35)36)11-8-17(22)3/h6-15,26H,5H2,1-4H3/b24-15-. The molecule has 9 nitrogen and oxygen atoms in total. The van der Waals surface area contributed by atoms with Crippen molar-refractivity contribution in [3.63, 3.8) is 0 Å². The van der Waals surface area contributed by atoms with Gasteiger partial charge in [0.05, 0.1) is 33.4 Å². The van der Waals surface area contributed by atoms with Crippen LogP contribution in [0.3, 0.4) is 0 Å². The zero-order valence-corrected chi connectivity index (χ0v) is 22.6. The van der Waals surface area contributed by atoms with Gasteiger partial charge in [0.2, 0.25) is 0 Å². The average Bonchev–Trinajstić information content (AvgIpc) is 3.48. The SMILES string of the molecule is CCOC(=O)C1=C(C)N=c2s/c(=C\c3ccc(-c4cc([N+](=O)[O-])ccc4C)o3)c(=O)n2C1c1ccc(C)cc1. The molecule has 2 aromatic carbocycles. The number of benzene rings is 2. The Morgan fingerprint density at radius 2 is 1.90 bits per heavy atom. The molecule has 1 aliphatic heterocycles. The van der Waals surface area contributed by atoms with E-state index in [-0.39, 0.29) is 17.9 Å². The predicted molar refractivity (Wildman–Crippen MR) is 147 cm³/mol. The Hall–Kier alpha value is -4.57. The number of rotatable bonds is 6. The summed E-state index contributed by atoms with van der Waals surface area (Å²) in [5.41, 5.74) is 3.70. The number of nitrogens with zero attached hydrogens (tertiary/aromatic N) is 3. The third-order valence-electron chi connectivity index (χ3n) is 6.51. The van der Waals surface area contributed by atoms with Gasteiger partial charge in [0, 0.05) is 23.8 Å². The fraction of sp³-hybridized carbons (Fsp3) is 0.207. The number of hydrogen-bond donors (Lipinski definition) is 0. The Bertz CT molecular complexity index is 1830. The number of furan rings is 1. The Kier molecular flexibility index (Phi) is 6.88. The van der Waals surface area contributed by atoms with Gasteiger partial charge >= 0.3 is 5.97 Å². The number of esters is 1. The van der Waals surface area contributed by atoms with E-state index in [2.05, 4.69) is 4.99 Å². The van der Waals surface area contributed by atoms with Crippen LogP contribution in [0.15, 0.2) is 80.1 Å². The van der Waals surface area contributed by atoms with Crippen molar-refractivity contribution in [3.8, 4) is 11.3 Å². The second-order valence-electron chi connectivity index (χ2n) is 9.17. The molecular formula is C29H25N3O6S. The van der Waals surface area contributed by atoms with E-state index in [0.717, 1.165) is 16.7 Å². The number of fused-ring (bicyclic) bond motifs is 1.